The molecule has 0 bridgehead atoms. The standard InChI is InChI=1S/C15H22O3/c1-5-15(6-2,18-7-3)14(16)12-9-8-10-13(11-12)17-4/h8-11H,5-7H2,1-4H3. The number of carbonyl (C=O) groups excluding carboxylic acids is 1. The Morgan fingerprint density at radius 3 is 2.39 bits per heavy atom. The first-order valence-electron chi connectivity index (χ1n) is 6.46. The average Bonchev–Trinajstić information content (AvgIpc) is 2.44. The van der Waals surface area contributed by atoms with E-state index in [9.17, 15) is 4.79 Å². The molecule has 3 heteroatoms. The van der Waals surface area contributed by atoms with Crippen molar-refractivity contribution in [2.24, 2.45) is 0 Å². The smallest absolute Gasteiger partial charge is 0.194 e. The molecule has 0 aliphatic carbocycles. The summed E-state index contributed by atoms with van der Waals surface area (Å²) in [6.07, 6.45) is 1.35. The number of methoxy groups -OCH3 is 1. The Hall–Kier alpha value is -1.35. The third-order valence-electron chi connectivity index (χ3n) is 3.31. The predicted molar refractivity (Wildman–Crippen MR) is 72.3 cm³/mol. The van der Waals surface area contributed by atoms with Crippen LogP contribution in [0.2, 0.25) is 0 Å². The summed E-state index contributed by atoms with van der Waals surface area (Å²) in [5, 5.41) is 0. The third-order valence-corrected chi connectivity index (χ3v) is 3.31. The first-order valence-corrected chi connectivity index (χ1v) is 6.46. The number of carbonyl (C=O) groups is 1. The molecule has 0 aliphatic rings. The van der Waals surface area contributed by atoms with Crippen molar-refractivity contribution in [2.75, 3.05) is 13.7 Å². The molecule has 0 aromatic heterocycles. The van der Waals surface area contributed by atoms with Gasteiger partial charge in [0.15, 0.2) is 5.78 Å². The summed E-state index contributed by atoms with van der Waals surface area (Å²) in [6.45, 7) is 6.42. The number of ether oxygens (including phenoxy) is 2. The summed E-state index contributed by atoms with van der Waals surface area (Å²) in [6, 6.07) is 7.23. The molecule has 0 N–H and O–H groups in total. The minimum absolute atomic E-state index is 0.0354. The summed E-state index contributed by atoms with van der Waals surface area (Å²) < 4.78 is 10.9. The third kappa shape index (κ3) is 2.91. The quantitative estimate of drug-likeness (QED) is 0.695. The van der Waals surface area contributed by atoms with Crippen molar-refractivity contribution < 1.29 is 14.3 Å². The zero-order valence-electron chi connectivity index (χ0n) is 11.7. The van der Waals surface area contributed by atoms with Gasteiger partial charge in [-0.2, -0.15) is 0 Å². The van der Waals surface area contributed by atoms with Crippen LogP contribution >= 0.6 is 0 Å². The molecule has 0 atom stereocenters. The van der Waals surface area contributed by atoms with Gasteiger partial charge in [-0.1, -0.05) is 26.0 Å². The van der Waals surface area contributed by atoms with Gasteiger partial charge in [-0.15, -0.1) is 0 Å². The van der Waals surface area contributed by atoms with Gasteiger partial charge >= 0.3 is 0 Å². The van der Waals surface area contributed by atoms with E-state index in [0.29, 0.717) is 30.8 Å². The van der Waals surface area contributed by atoms with E-state index in [-0.39, 0.29) is 5.78 Å². The van der Waals surface area contributed by atoms with Crippen LogP contribution < -0.4 is 4.74 Å². The van der Waals surface area contributed by atoms with Crippen molar-refractivity contribution in [1.29, 1.82) is 0 Å². The topological polar surface area (TPSA) is 35.5 Å². The van der Waals surface area contributed by atoms with Gasteiger partial charge in [-0.3, -0.25) is 4.79 Å². The van der Waals surface area contributed by atoms with Gasteiger partial charge in [0, 0.05) is 12.2 Å². The molecular formula is C15H22O3. The van der Waals surface area contributed by atoms with Gasteiger partial charge in [-0.25, -0.2) is 0 Å². The minimum Gasteiger partial charge on any atom is -0.497 e. The Bertz CT molecular complexity index is 394. The predicted octanol–water partition coefficient (Wildman–Crippen LogP) is 3.47. The number of Topliss-reactive ketones (excluding diaryl/α,β-unsaturated/α-hetero) is 1. The first-order chi connectivity index (χ1) is 8.63. The molecule has 0 unspecified atom stereocenters. The maximum atomic E-state index is 12.6. The Balaban J connectivity index is 3.08. The van der Waals surface area contributed by atoms with Crippen LogP contribution in [-0.2, 0) is 4.74 Å². The highest BCUT2D eigenvalue weighted by atomic mass is 16.5. The molecule has 0 aliphatic heterocycles. The van der Waals surface area contributed by atoms with Crippen molar-refractivity contribution in [1.82, 2.24) is 0 Å². The molecule has 0 radical (unpaired) electrons. The lowest BCUT2D eigenvalue weighted by molar-refractivity contribution is -0.0250. The van der Waals surface area contributed by atoms with E-state index in [1.54, 1.807) is 13.2 Å². The summed E-state index contributed by atoms with van der Waals surface area (Å²) >= 11 is 0. The fraction of sp³-hybridized carbons (Fsp3) is 0.533. The number of benzene rings is 1. The number of rotatable bonds is 7. The monoisotopic (exact) mass is 250 g/mol. The van der Waals surface area contributed by atoms with Crippen LogP contribution in [0.4, 0.5) is 0 Å². The van der Waals surface area contributed by atoms with Crippen LogP contribution in [0.1, 0.15) is 44.0 Å². The fourth-order valence-electron chi connectivity index (χ4n) is 2.14. The molecule has 3 nitrogen and oxygen atoms in total. The van der Waals surface area contributed by atoms with Gasteiger partial charge in [-0.05, 0) is 31.9 Å². The molecule has 0 saturated carbocycles. The van der Waals surface area contributed by atoms with E-state index in [0.717, 1.165) is 0 Å². The maximum Gasteiger partial charge on any atom is 0.194 e. The molecule has 0 spiro atoms. The molecule has 0 amide bonds. The van der Waals surface area contributed by atoms with E-state index in [2.05, 4.69) is 0 Å². The van der Waals surface area contributed by atoms with E-state index < -0.39 is 5.60 Å². The van der Waals surface area contributed by atoms with E-state index in [1.807, 2.05) is 39.0 Å². The van der Waals surface area contributed by atoms with Crippen molar-refractivity contribution >= 4 is 5.78 Å². The molecule has 0 heterocycles. The number of hydrogen-bond donors (Lipinski definition) is 0. The second-order valence-electron chi connectivity index (χ2n) is 4.20. The van der Waals surface area contributed by atoms with Crippen LogP contribution in [0.5, 0.6) is 5.75 Å². The van der Waals surface area contributed by atoms with Gasteiger partial charge < -0.3 is 9.47 Å². The van der Waals surface area contributed by atoms with Crippen LogP contribution in [-0.4, -0.2) is 25.1 Å². The van der Waals surface area contributed by atoms with Gasteiger partial charge in [0.1, 0.15) is 11.4 Å². The number of ketones is 1. The highest BCUT2D eigenvalue weighted by molar-refractivity contribution is 6.02. The lowest BCUT2D eigenvalue weighted by atomic mass is 9.87. The van der Waals surface area contributed by atoms with Crippen molar-refractivity contribution in [3.05, 3.63) is 29.8 Å². The zero-order chi connectivity index (χ0) is 13.6. The lowest BCUT2D eigenvalue weighted by Crippen LogP contribution is -2.40. The zero-order valence-corrected chi connectivity index (χ0v) is 11.7. The summed E-state index contributed by atoms with van der Waals surface area (Å²) in [4.78, 5) is 12.6. The van der Waals surface area contributed by atoms with Gasteiger partial charge in [0.2, 0.25) is 0 Å². The molecule has 100 valence electrons. The SMILES string of the molecule is CCOC(CC)(CC)C(=O)c1cccc(OC)c1. The molecule has 1 aromatic carbocycles. The Kier molecular flexibility index (Phi) is 5.35. The largest absolute Gasteiger partial charge is 0.497 e. The second kappa shape index (κ2) is 6.55. The van der Waals surface area contributed by atoms with Crippen LogP contribution in [0.25, 0.3) is 0 Å². The van der Waals surface area contributed by atoms with Crippen molar-refractivity contribution in [3.63, 3.8) is 0 Å². The molecular weight excluding hydrogens is 228 g/mol. The summed E-state index contributed by atoms with van der Waals surface area (Å²) in [5.74, 6) is 0.728. The van der Waals surface area contributed by atoms with Crippen LogP contribution in [0, 0.1) is 0 Å². The Labute approximate surface area is 109 Å². The Morgan fingerprint density at radius 2 is 1.89 bits per heavy atom. The molecule has 1 aromatic rings. The van der Waals surface area contributed by atoms with Gasteiger partial charge in [0.25, 0.3) is 0 Å². The molecule has 0 saturated heterocycles. The van der Waals surface area contributed by atoms with Crippen LogP contribution in [0.15, 0.2) is 24.3 Å². The average molecular weight is 250 g/mol. The van der Waals surface area contributed by atoms with Crippen LogP contribution in [0.3, 0.4) is 0 Å². The van der Waals surface area contributed by atoms with E-state index in [4.69, 9.17) is 9.47 Å². The van der Waals surface area contributed by atoms with Crippen molar-refractivity contribution in [2.45, 2.75) is 39.2 Å². The minimum atomic E-state index is -0.707. The molecule has 0 fully saturated rings. The fourth-order valence-corrected chi connectivity index (χ4v) is 2.14. The highest BCUT2D eigenvalue weighted by Gasteiger charge is 2.36. The summed E-state index contributed by atoms with van der Waals surface area (Å²) in [5.41, 5.74) is -0.0623. The molecule has 18 heavy (non-hydrogen) atoms. The first kappa shape index (κ1) is 14.7. The normalized spacial score (nSPS) is 11.3. The molecule has 1 rings (SSSR count). The van der Waals surface area contributed by atoms with Crippen molar-refractivity contribution in [3.8, 4) is 5.75 Å². The lowest BCUT2D eigenvalue weighted by Gasteiger charge is -2.30. The summed E-state index contributed by atoms with van der Waals surface area (Å²) in [7, 11) is 1.60. The van der Waals surface area contributed by atoms with E-state index >= 15 is 0 Å². The second-order valence-corrected chi connectivity index (χ2v) is 4.20. The van der Waals surface area contributed by atoms with E-state index in [1.165, 1.54) is 0 Å². The Morgan fingerprint density at radius 1 is 1.22 bits per heavy atom. The maximum absolute atomic E-state index is 12.6. The number of hydrogen-bond acceptors (Lipinski definition) is 3. The highest BCUT2D eigenvalue weighted by Crippen LogP contribution is 2.27. The van der Waals surface area contributed by atoms with Gasteiger partial charge in [0.05, 0.1) is 7.11 Å².